The van der Waals surface area contributed by atoms with Crippen LogP contribution in [0, 0.1) is 13.8 Å². The van der Waals surface area contributed by atoms with Crippen LogP contribution in [-0.4, -0.2) is 33.4 Å². The summed E-state index contributed by atoms with van der Waals surface area (Å²) in [5, 5.41) is 3.17. The zero-order valence-corrected chi connectivity index (χ0v) is 21.7. The first-order valence-electron chi connectivity index (χ1n) is 10.6. The van der Waals surface area contributed by atoms with Crippen LogP contribution in [-0.2, 0) is 19.6 Å². The Morgan fingerprint density at radius 2 is 1.66 bits per heavy atom. The number of esters is 1. The number of halogens is 2. The number of ether oxygens (including phenoxy) is 1. The number of carbonyl (C=O) groups excluding carboxylic acids is 2. The predicted molar refractivity (Wildman–Crippen MR) is 138 cm³/mol. The minimum atomic E-state index is -4.09. The number of hydrogen-bond donors (Lipinski definition) is 1. The number of rotatable bonds is 8. The Kier molecular flexibility index (Phi) is 8.43. The molecule has 0 fully saturated rings. The van der Waals surface area contributed by atoms with Gasteiger partial charge in [-0.05, 0) is 74.9 Å². The summed E-state index contributed by atoms with van der Waals surface area (Å²) in [7, 11) is -4.09. The third kappa shape index (κ3) is 6.33. The van der Waals surface area contributed by atoms with E-state index in [1.54, 1.807) is 44.2 Å². The van der Waals surface area contributed by atoms with E-state index in [2.05, 4.69) is 5.32 Å². The molecule has 1 amide bonds. The highest BCUT2D eigenvalue weighted by atomic mass is 35.5. The molecule has 0 aliphatic carbocycles. The molecular formula is C25H24Cl2N2O5S. The van der Waals surface area contributed by atoms with Crippen LogP contribution in [0.15, 0.2) is 65.6 Å². The summed E-state index contributed by atoms with van der Waals surface area (Å²) >= 11 is 12.3. The third-order valence-corrected chi connectivity index (χ3v) is 7.40. The van der Waals surface area contributed by atoms with E-state index in [9.17, 15) is 18.0 Å². The van der Waals surface area contributed by atoms with Gasteiger partial charge in [0.15, 0.2) is 0 Å². The number of sulfonamides is 1. The van der Waals surface area contributed by atoms with Crippen LogP contribution < -0.4 is 9.62 Å². The number of amides is 1. The van der Waals surface area contributed by atoms with Crippen LogP contribution in [0.25, 0.3) is 0 Å². The van der Waals surface area contributed by atoms with Gasteiger partial charge in [0.25, 0.3) is 10.0 Å². The topological polar surface area (TPSA) is 92.8 Å². The Morgan fingerprint density at radius 3 is 2.26 bits per heavy atom. The average Bonchev–Trinajstić information content (AvgIpc) is 2.79. The fourth-order valence-corrected chi connectivity index (χ4v) is 5.25. The van der Waals surface area contributed by atoms with E-state index in [1.807, 2.05) is 6.92 Å². The third-order valence-electron chi connectivity index (χ3n) is 5.08. The molecule has 1 N–H and O–H groups in total. The lowest BCUT2D eigenvalue weighted by molar-refractivity contribution is -0.114. The van der Waals surface area contributed by atoms with Gasteiger partial charge in [-0.3, -0.25) is 9.10 Å². The lowest BCUT2D eigenvalue weighted by Crippen LogP contribution is -2.38. The molecule has 0 atom stereocenters. The van der Waals surface area contributed by atoms with Crippen molar-refractivity contribution in [2.75, 3.05) is 22.8 Å². The molecule has 0 saturated heterocycles. The highest BCUT2D eigenvalue weighted by Crippen LogP contribution is 2.30. The number of nitrogens with one attached hydrogen (secondary N) is 1. The molecule has 3 aromatic rings. The van der Waals surface area contributed by atoms with Crippen LogP contribution >= 0.6 is 23.2 Å². The Bertz CT molecular complexity index is 1360. The first-order valence-corrected chi connectivity index (χ1v) is 12.8. The van der Waals surface area contributed by atoms with Gasteiger partial charge in [-0.25, -0.2) is 13.2 Å². The second-order valence-corrected chi connectivity index (χ2v) is 10.4. The van der Waals surface area contributed by atoms with E-state index in [0.29, 0.717) is 16.3 Å². The van der Waals surface area contributed by atoms with Crippen LogP contribution in [0.3, 0.4) is 0 Å². The lowest BCUT2D eigenvalue weighted by Gasteiger charge is -2.26. The fraction of sp³-hybridized carbons (Fsp3) is 0.200. The summed E-state index contributed by atoms with van der Waals surface area (Å²) in [6.45, 7) is 4.94. The highest BCUT2D eigenvalue weighted by Gasteiger charge is 2.28. The Hall–Kier alpha value is -3.07. The van der Waals surface area contributed by atoms with Crippen LogP contribution in [0.4, 0.5) is 11.4 Å². The summed E-state index contributed by atoms with van der Waals surface area (Å²) in [6, 6.07) is 15.4. The van der Waals surface area contributed by atoms with E-state index in [-0.39, 0.29) is 27.8 Å². The molecule has 0 aromatic heterocycles. The second kappa shape index (κ2) is 11.1. The normalized spacial score (nSPS) is 11.1. The summed E-state index contributed by atoms with van der Waals surface area (Å²) in [6.07, 6.45) is 0. The lowest BCUT2D eigenvalue weighted by atomic mass is 10.2. The SMILES string of the molecule is CCOC(=O)c1ccc(NC(=O)CN(c2ccc(Cl)cc2C)S(=O)(=O)c2ccc(C)cc2)c(Cl)c1. The maximum atomic E-state index is 13.6. The van der Waals surface area contributed by atoms with Crippen molar-refractivity contribution >= 4 is 56.5 Å². The van der Waals surface area contributed by atoms with Crippen LogP contribution in [0.2, 0.25) is 10.0 Å². The summed E-state index contributed by atoms with van der Waals surface area (Å²) in [4.78, 5) is 24.9. The number of benzene rings is 3. The van der Waals surface area contributed by atoms with Gasteiger partial charge < -0.3 is 10.1 Å². The Morgan fingerprint density at radius 1 is 0.971 bits per heavy atom. The van der Waals surface area contributed by atoms with Gasteiger partial charge in [0.1, 0.15) is 6.54 Å². The molecule has 0 unspecified atom stereocenters. The standard InChI is InChI=1S/C25H24Cl2N2O5S/c1-4-34-25(31)18-7-11-22(21(27)14-18)28-24(30)15-29(23-12-8-19(26)13-17(23)3)35(32,33)20-9-5-16(2)6-10-20/h5-14H,4,15H2,1-3H3,(H,28,30). The molecular weight excluding hydrogens is 511 g/mol. The van der Waals surface area contributed by atoms with Crippen molar-refractivity contribution in [3.63, 3.8) is 0 Å². The summed E-state index contributed by atoms with van der Waals surface area (Å²) in [5.74, 6) is -1.17. The first kappa shape index (κ1) is 26.5. The number of nitrogens with zero attached hydrogens (tertiary/aromatic N) is 1. The second-order valence-electron chi connectivity index (χ2n) is 7.72. The van der Waals surface area contributed by atoms with E-state index in [0.717, 1.165) is 9.87 Å². The Balaban J connectivity index is 1.93. The molecule has 0 spiro atoms. The number of aryl methyl sites for hydroxylation is 2. The van der Waals surface area contributed by atoms with E-state index >= 15 is 0 Å². The molecule has 10 heteroatoms. The van der Waals surface area contributed by atoms with Gasteiger partial charge >= 0.3 is 5.97 Å². The van der Waals surface area contributed by atoms with Crippen molar-refractivity contribution in [1.29, 1.82) is 0 Å². The zero-order chi connectivity index (χ0) is 25.8. The van der Waals surface area contributed by atoms with Gasteiger partial charge in [0.2, 0.25) is 5.91 Å². The predicted octanol–water partition coefficient (Wildman–Crippen LogP) is 5.62. The molecule has 0 aliphatic rings. The quantitative estimate of drug-likeness (QED) is 0.378. The molecule has 184 valence electrons. The fourth-order valence-electron chi connectivity index (χ4n) is 3.31. The van der Waals surface area contributed by atoms with E-state index < -0.39 is 28.4 Å². The molecule has 0 bridgehead atoms. The van der Waals surface area contributed by atoms with Crippen molar-refractivity contribution < 1.29 is 22.7 Å². The Labute approximate surface area is 214 Å². The molecule has 0 radical (unpaired) electrons. The minimum absolute atomic E-state index is 0.0436. The van der Waals surface area contributed by atoms with Crippen molar-refractivity contribution in [2.45, 2.75) is 25.7 Å². The maximum absolute atomic E-state index is 13.6. The smallest absolute Gasteiger partial charge is 0.338 e. The van der Waals surface area contributed by atoms with Crippen molar-refractivity contribution in [3.8, 4) is 0 Å². The number of carbonyl (C=O) groups is 2. The van der Waals surface area contributed by atoms with Gasteiger partial charge in [-0.1, -0.05) is 40.9 Å². The number of hydrogen-bond acceptors (Lipinski definition) is 5. The van der Waals surface area contributed by atoms with Gasteiger partial charge in [0, 0.05) is 5.02 Å². The average molecular weight is 535 g/mol. The molecule has 3 aromatic carbocycles. The largest absolute Gasteiger partial charge is 0.462 e. The first-order chi connectivity index (χ1) is 16.5. The molecule has 0 heterocycles. The number of anilines is 2. The molecule has 35 heavy (non-hydrogen) atoms. The summed E-state index contributed by atoms with van der Waals surface area (Å²) < 4.78 is 33.1. The molecule has 7 nitrogen and oxygen atoms in total. The monoisotopic (exact) mass is 534 g/mol. The van der Waals surface area contributed by atoms with Crippen molar-refractivity contribution in [2.24, 2.45) is 0 Å². The molecule has 0 aliphatic heterocycles. The van der Waals surface area contributed by atoms with Gasteiger partial charge in [-0.15, -0.1) is 0 Å². The van der Waals surface area contributed by atoms with Crippen LogP contribution in [0.1, 0.15) is 28.4 Å². The zero-order valence-electron chi connectivity index (χ0n) is 19.3. The maximum Gasteiger partial charge on any atom is 0.338 e. The molecule has 0 saturated carbocycles. The van der Waals surface area contributed by atoms with Gasteiger partial charge in [0.05, 0.1) is 33.5 Å². The molecule has 3 rings (SSSR count). The van der Waals surface area contributed by atoms with Crippen LogP contribution in [0.5, 0.6) is 0 Å². The van der Waals surface area contributed by atoms with Crippen molar-refractivity contribution in [1.82, 2.24) is 0 Å². The minimum Gasteiger partial charge on any atom is -0.462 e. The van der Waals surface area contributed by atoms with Crippen molar-refractivity contribution in [3.05, 3.63) is 87.4 Å². The van der Waals surface area contributed by atoms with E-state index in [1.165, 1.54) is 30.3 Å². The van der Waals surface area contributed by atoms with Gasteiger partial charge in [-0.2, -0.15) is 0 Å². The van der Waals surface area contributed by atoms with E-state index in [4.69, 9.17) is 27.9 Å². The highest BCUT2D eigenvalue weighted by molar-refractivity contribution is 7.92. The summed E-state index contributed by atoms with van der Waals surface area (Å²) in [5.41, 5.74) is 2.25.